The Hall–Kier alpha value is -0.220. The number of hydrogen-bond donors (Lipinski definition) is 1. The van der Waals surface area contributed by atoms with Crippen molar-refractivity contribution >= 4 is 36.4 Å². The van der Waals surface area contributed by atoms with E-state index in [1.165, 1.54) is 0 Å². The minimum absolute atomic E-state index is 0. The van der Waals surface area contributed by atoms with Gasteiger partial charge in [0.05, 0.1) is 5.02 Å². The van der Waals surface area contributed by atoms with Crippen LogP contribution in [0, 0.1) is 0 Å². The van der Waals surface area contributed by atoms with Crippen molar-refractivity contribution in [2.75, 3.05) is 13.1 Å². The number of halogens is 3. The minimum Gasteiger partial charge on any atom is -0.472 e. The third-order valence-corrected chi connectivity index (χ3v) is 1.96. The summed E-state index contributed by atoms with van der Waals surface area (Å²) in [5, 5.41) is 3.75. The lowest BCUT2D eigenvalue weighted by molar-refractivity contribution is 0.136. The molecule has 0 unspecified atom stereocenters. The van der Waals surface area contributed by atoms with E-state index < -0.39 is 0 Å². The Morgan fingerprint density at radius 2 is 2.07 bits per heavy atom. The highest BCUT2D eigenvalue weighted by molar-refractivity contribution is 6.30. The van der Waals surface area contributed by atoms with E-state index in [1.807, 2.05) is 0 Å². The topological polar surface area (TPSA) is 34.1 Å². The second kappa shape index (κ2) is 6.30. The Balaban J connectivity index is 0.000000845. The first-order chi connectivity index (χ1) is 5.84. The summed E-state index contributed by atoms with van der Waals surface area (Å²) >= 11 is 5.67. The number of nitrogens with one attached hydrogen (secondary N) is 1. The summed E-state index contributed by atoms with van der Waals surface area (Å²) in [7, 11) is 0. The van der Waals surface area contributed by atoms with Crippen molar-refractivity contribution in [3.05, 3.63) is 23.4 Å². The Kier molecular flexibility index (Phi) is 6.20. The molecule has 80 valence electrons. The first-order valence-electron chi connectivity index (χ1n) is 3.83. The summed E-state index contributed by atoms with van der Waals surface area (Å²) in [6, 6.07) is 3.55. The van der Waals surface area contributed by atoms with Crippen LogP contribution in [-0.4, -0.2) is 24.2 Å². The molecule has 0 spiro atoms. The van der Waals surface area contributed by atoms with Gasteiger partial charge in [0.2, 0.25) is 5.88 Å². The Bertz CT molecular complexity index is 264. The van der Waals surface area contributed by atoms with Gasteiger partial charge >= 0.3 is 0 Å². The molecule has 1 aromatic rings. The second-order valence-electron chi connectivity index (χ2n) is 2.71. The molecule has 1 aliphatic heterocycles. The van der Waals surface area contributed by atoms with E-state index >= 15 is 0 Å². The molecule has 1 aromatic heterocycles. The van der Waals surface area contributed by atoms with Gasteiger partial charge in [-0.05, 0) is 6.07 Å². The fraction of sp³-hybridized carbons (Fsp3) is 0.375. The molecule has 1 fully saturated rings. The average Bonchev–Trinajstić information content (AvgIpc) is 2.00. The average molecular weight is 258 g/mol. The lowest BCUT2D eigenvalue weighted by atomic mass is 10.2. The van der Waals surface area contributed by atoms with E-state index in [1.54, 1.807) is 18.3 Å². The molecular weight excluding hydrogens is 246 g/mol. The van der Waals surface area contributed by atoms with E-state index in [0.29, 0.717) is 10.9 Å². The van der Waals surface area contributed by atoms with Gasteiger partial charge in [-0.1, -0.05) is 11.6 Å². The Morgan fingerprint density at radius 1 is 1.36 bits per heavy atom. The predicted molar refractivity (Wildman–Crippen MR) is 61.0 cm³/mol. The largest absolute Gasteiger partial charge is 0.472 e. The smallest absolute Gasteiger partial charge is 0.213 e. The van der Waals surface area contributed by atoms with E-state index in [4.69, 9.17) is 16.3 Å². The van der Waals surface area contributed by atoms with Crippen LogP contribution in [0.4, 0.5) is 0 Å². The predicted octanol–water partition coefficient (Wildman–Crippen LogP) is 1.93. The van der Waals surface area contributed by atoms with Gasteiger partial charge in [0.25, 0.3) is 0 Å². The van der Waals surface area contributed by atoms with Crippen molar-refractivity contribution in [3.63, 3.8) is 0 Å². The number of rotatable bonds is 2. The van der Waals surface area contributed by atoms with E-state index in [-0.39, 0.29) is 30.9 Å². The van der Waals surface area contributed by atoms with Gasteiger partial charge in [-0.2, -0.15) is 0 Å². The minimum atomic E-state index is 0. The molecule has 1 N–H and O–H groups in total. The molecule has 0 amide bonds. The van der Waals surface area contributed by atoms with Crippen LogP contribution in [0.15, 0.2) is 18.3 Å². The summed E-state index contributed by atoms with van der Waals surface area (Å²) in [5.74, 6) is 0.644. The first kappa shape index (κ1) is 13.8. The zero-order chi connectivity index (χ0) is 8.39. The summed E-state index contributed by atoms with van der Waals surface area (Å²) in [6.45, 7) is 1.81. The van der Waals surface area contributed by atoms with Crippen molar-refractivity contribution in [3.8, 4) is 5.88 Å². The quantitative estimate of drug-likeness (QED) is 0.879. The molecule has 0 aromatic carbocycles. The van der Waals surface area contributed by atoms with Crippen LogP contribution in [-0.2, 0) is 0 Å². The van der Waals surface area contributed by atoms with Crippen LogP contribution in [0.2, 0.25) is 5.02 Å². The maximum atomic E-state index is 5.67. The summed E-state index contributed by atoms with van der Waals surface area (Å²) in [6.07, 6.45) is 1.86. The summed E-state index contributed by atoms with van der Waals surface area (Å²) < 4.78 is 5.47. The molecule has 0 saturated carbocycles. The molecule has 0 radical (unpaired) electrons. The highest BCUT2D eigenvalue weighted by Crippen LogP contribution is 2.13. The van der Waals surface area contributed by atoms with Crippen molar-refractivity contribution < 1.29 is 4.74 Å². The van der Waals surface area contributed by atoms with Crippen molar-refractivity contribution in [2.24, 2.45) is 0 Å². The molecule has 2 heterocycles. The van der Waals surface area contributed by atoms with Crippen LogP contribution < -0.4 is 10.1 Å². The molecule has 6 heteroatoms. The molecule has 1 aliphatic rings. The lowest BCUT2D eigenvalue weighted by Gasteiger charge is -2.27. The van der Waals surface area contributed by atoms with Gasteiger partial charge in [-0.15, -0.1) is 24.8 Å². The van der Waals surface area contributed by atoms with Crippen LogP contribution in [0.25, 0.3) is 0 Å². The number of ether oxygens (including phenoxy) is 1. The number of pyridine rings is 1. The standard InChI is InChI=1S/C8H9ClN2O.2ClH/c9-6-1-2-8(11-3-6)12-7-4-10-5-7;;/h1-3,7,10H,4-5H2;2*1H. The normalized spacial score (nSPS) is 14.6. The number of hydrogen-bond acceptors (Lipinski definition) is 3. The highest BCUT2D eigenvalue weighted by atomic mass is 35.5. The Labute approximate surface area is 100 Å². The van der Waals surface area contributed by atoms with Gasteiger partial charge in [-0.25, -0.2) is 4.98 Å². The molecule has 14 heavy (non-hydrogen) atoms. The van der Waals surface area contributed by atoms with Crippen LogP contribution in [0.5, 0.6) is 5.88 Å². The van der Waals surface area contributed by atoms with Crippen molar-refractivity contribution in [1.29, 1.82) is 0 Å². The van der Waals surface area contributed by atoms with Gasteiger partial charge in [0, 0.05) is 25.4 Å². The highest BCUT2D eigenvalue weighted by Gasteiger charge is 2.18. The molecule has 2 rings (SSSR count). The molecule has 3 nitrogen and oxygen atoms in total. The van der Waals surface area contributed by atoms with Gasteiger partial charge in [0.15, 0.2) is 0 Å². The molecular formula is C8H11Cl3N2O. The van der Waals surface area contributed by atoms with Crippen LogP contribution in [0.1, 0.15) is 0 Å². The monoisotopic (exact) mass is 256 g/mol. The van der Waals surface area contributed by atoms with Crippen LogP contribution in [0.3, 0.4) is 0 Å². The molecule has 0 atom stereocenters. The van der Waals surface area contributed by atoms with Crippen LogP contribution >= 0.6 is 36.4 Å². The zero-order valence-electron chi connectivity index (χ0n) is 7.27. The fourth-order valence-electron chi connectivity index (χ4n) is 0.948. The maximum absolute atomic E-state index is 5.67. The first-order valence-corrected chi connectivity index (χ1v) is 4.21. The number of nitrogens with zero attached hydrogens (tertiary/aromatic N) is 1. The van der Waals surface area contributed by atoms with Crippen molar-refractivity contribution in [1.82, 2.24) is 10.3 Å². The van der Waals surface area contributed by atoms with E-state index in [9.17, 15) is 0 Å². The SMILES string of the molecule is Cl.Cl.Clc1ccc(OC2CNC2)nc1. The van der Waals surface area contributed by atoms with E-state index in [0.717, 1.165) is 13.1 Å². The lowest BCUT2D eigenvalue weighted by Crippen LogP contribution is -2.50. The molecule has 1 saturated heterocycles. The summed E-state index contributed by atoms with van der Waals surface area (Å²) in [5.41, 5.74) is 0. The fourth-order valence-corrected chi connectivity index (χ4v) is 1.06. The third kappa shape index (κ3) is 3.50. The summed E-state index contributed by atoms with van der Waals surface area (Å²) in [4.78, 5) is 4.02. The second-order valence-corrected chi connectivity index (χ2v) is 3.15. The van der Waals surface area contributed by atoms with E-state index in [2.05, 4.69) is 10.3 Å². The maximum Gasteiger partial charge on any atom is 0.213 e. The van der Waals surface area contributed by atoms with Gasteiger partial charge < -0.3 is 10.1 Å². The van der Waals surface area contributed by atoms with Gasteiger partial charge in [0.1, 0.15) is 6.10 Å². The van der Waals surface area contributed by atoms with Gasteiger partial charge in [-0.3, -0.25) is 0 Å². The van der Waals surface area contributed by atoms with Crippen molar-refractivity contribution in [2.45, 2.75) is 6.10 Å². The zero-order valence-corrected chi connectivity index (χ0v) is 9.66. The molecule has 0 bridgehead atoms. The number of aromatic nitrogens is 1. The third-order valence-electron chi connectivity index (χ3n) is 1.73. The Morgan fingerprint density at radius 3 is 2.50 bits per heavy atom. The molecule has 0 aliphatic carbocycles.